The van der Waals surface area contributed by atoms with Crippen molar-refractivity contribution in [1.82, 2.24) is 4.98 Å². The summed E-state index contributed by atoms with van der Waals surface area (Å²) in [7, 11) is 0. The molecule has 16 heavy (non-hydrogen) atoms. The maximum Gasteiger partial charge on any atom is 0.357 e. The van der Waals surface area contributed by atoms with Gasteiger partial charge in [-0.05, 0) is 6.42 Å². The van der Waals surface area contributed by atoms with Crippen LogP contribution in [0.25, 0.3) is 0 Å². The smallest absolute Gasteiger partial charge is 0.357 e. The third kappa shape index (κ3) is 2.32. The molecule has 2 rings (SSSR count). The van der Waals surface area contributed by atoms with E-state index in [4.69, 9.17) is 9.52 Å². The second-order valence-corrected chi connectivity index (χ2v) is 5.08. The third-order valence-electron chi connectivity index (χ3n) is 2.58. The van der Waals surface area contributed by atoms with Crippen molar-refractivity contribution in [3.05, 3.63) is 12.0 Å². The lowest BCUT2D eigenvalue weighted by atomic mass is 10.3. The molecule has 1 aliphatic rings. The Hall–Kier alpha value is -1.17. The van der Waals surface area contributed by atoms with Gasteiger partial charge in [-0.15, -0.1) is 0 Å². The second-order valence-electron chi connectivity index (χ2n) is 3.67. The minimum Gasteiger partial charge on any atom is -0.476 e. The molecule has 1 aromatic heterocycles. The van der Waals surface area contributed by atoms with Crippen molar-refractivity contribution in [2.75, 3.05) is 23.7 Å². The quantitative estimate of drug-likeness (QED) is 0.870. The predicted molar refractivity (Wildman–Crippen MR) is 62.2 cm³/mol. The number of thioether (sulfide) groups is 1. The van der Waals surface area contributed by atoms with Crippen molar-refractivity contribution < 1.29 is 14.3 Å². The van der Waals surface area contributed by atoms with Crippen molar-refractivity contribution in [1.29, 1.82) is 0 Å². The maximum absolute atomic E-state index is 10.7. The Morgan fingerprint density at radius 1 is 1.81 bits per heavy atom. The normalized spacial score (nSPS) is 21.1. The Morgan fingerprint density at radius 3 is 3.25 bits per heavy atom. The first-order valence-corrected chi connectivity index (χ1v) is 6.31. The molecule has 1 aliphatic heterocycles. The molecule has 0 amide bonds. The average molecular weight is 242 g/mol. The van der Waals surface area contributed by atoms with Gasteiger partial charge in [-0.2, -0.15) is 16.7 Å². The van der Waals surface area contributed by atoms with Crippen molar-refractivity contribution in [2.45, 2.75) is 18.6 Å². The molecule has 1 atom stereocenters. The summed E-state index contributed by atoms with van der Waals surface area (Å²) in [6.45, 7) is 3.89. The van der Waals surface area contributed by atoms with Gasteiger partial charge in [-0.1, -0.05) is 6.92 Å². The van der Waals surface area contributed by atoms with E-state index in [-0.39, 0.29) is 5.69 Å². The summed E-state index contributed by atoms with van der Waals surface area (Å²) in [5.41, 5.74) is -0.0266. The highest BCUT2D eigenvalue weighted by Gasteiger charge is 2.23. The first-order chi connectivity index (χ1) is 7.70. The van der Waals surface area contributed by atoms with Crippen LogP contribution in [0.4, 0.5) is 6.01 Å². The highest BCUT2D eigenvalue weighted by atomic mass is 32.2. The fourth-order valence-electron chi connectivity index (χ4n) is 1.65. The van der Waals surface area contributed by atoms with Crippen molar-refractivity contribution in [2.24, 2.45) is 0 Å². The number of carboxylic acids is 1. The van der Waals surface area contributed by atoms with Gasteiger partial charge in [0, 0.05) is 24.1 Å². The molecule has 1 aromatic rings. The van der Waals surface area contributed by atoms with E-state index >= 15 is 0 Å². The number of rotatable bonds is 3. The zero-order valence-electron chi connectivity index (χ0n) is 9.05. The Balaban J connectivity index is 2.08. The number of carboxylic acid groups (broad SMARTS) is 1. The van der Waals surface area contributed by atoms with E-state index in [2.05, 4.69) is 11.9 Å². The molecule has 6 heteroatoms. The van der Waals surface area contributed by atoms with Crippen LogP contribution in [0.5, 0.6) is 0 Å². The van der Waals surface area contributed by atoms with Gasteiger partial charge >= 0.3 is 5.97 Å². The topological polar surface area (TPSA) is 66.6 Å². The number of nitrogens with zero attached hydrogens (tertiary/aromatic N) is 2. The average Bonchev–Trinajstić information content (AvgIpc) is 2.78. The predicted octanol–water partition coefficient (Wildman–Crippen LogP) is 1.70. The Bertz CT molecular complexity index is 380. The summed E-state index contributed by atoms with van der Waals surface area (Å²) in [6, 6.07) is 0.427. The van der Waals surface area contributed by atoms with Crippen LogP contribution in [0, 0.1) is 0 Å². The molecule has 1 fully saturated rings. The van der Waals surface area contributed by atoms with Gasteiger partial charge in [0.2, 0.25) is 0 Å². The van der Waals surface area contributed by atoms with Crippen LogP contribution < -0.4 is 4.90 Å². The first-order valence-electron chi connectivity index (χ1n) is 5.26. The van der Waals surface area contributed by atoms with Gasteiger partial charge in [-0.25, -0.2) is 4.79 Å². The van der Waals surface area contributed by atoms with E-state index in [1.54, 1.807) is 0 Å². The zero-order chi connectivity index (χ0) is 11.5. The number of hydrogen-bond donors (Lipinski definition) is 1. The van der Waals surface area contributed by atoms with Crippen LogP contribution in [0.3, 0.4) is 0 Å². The third-order valence-corrected chi connectivity index (χ3v) is 3.95. The number of carbonyl (C=O) groups is 1. The van der Waals surface area contributed by atoms with Crippen LogP contribution in [0.2, 0.25) is 0 Å². The minimum atomic E-state index is -1.05. The summed E-state index contributed by atoms with van der Waals surface area (Å²) in [5, 5.41) is 9.33. The number of anilines is 1. The molecule has 0 saturated carbocycles. The Kier molecular flexibility index (Phi) is 3.38. The lowest BCUT2D eigenvalue weighted by Crippen LogP contribution is -2.37. The maximum atomic E-state index is 10.7. The van der Waals surface area contributed by atoms with Gasteiger partial charge < -0.3 is 14.4 Å². The van der Waals surface area contributed by atoms with Gasteiger partial charge in [0.25, 0.3) is 6.01 Å². The monoisotopic (exact) mass is 242 g/mol. The summed E-state index contributed by atoms with van der Waals surface area (Å²) < 4.78 is 5.18. The summed E-state index contributed by atoms with van der Waals surface area (Å²) >= 11 is 1.95. The molecular weight excluding hydrogens is 228 g/mol. The molecule has 0 spiro atoms. The van der Waals surface area contributed by atoms with Gasteiger partial charge in [-0.3, -0.25) is 0 Å². The summed E-state index contributed by atoms with van der Waals surface area (Å²) in [5.74, 6) is -0.0167. The number of hydrogen-bond acceptors (Lipinski definition) is 5. The van der Waals surface area contributed by atoms with E-state index in [9.17, 15) is 4.79 Å². The van der Waals surface area contributed by atoms with Crippen molar-refractivity contribution in [3.63, 3.8) is 0 Å². The fourth-order valence-corrected chi connectivity index (χ4v) is 2.83. The minimum absolute atomic E-state index is 0.0266. The molecule has 2 heterocycles. The number of oxazole rings is 1. The first kappa shape index (κ1) is 11.3. The van der Waals surface area contributed by atoms with Gasteiger partial charge in [0.05, 0.1) is 0 Å². The van der Waals surface area contributed by atoms with Crippen LogP contribution in [0.1, 0.15) is 23.8 Å². The van der Waals surface area contributed by atoms with Crippen LogP contribution in [-0.2, 0) is 0 Å². The summed E-state index contributed by atoms with van der Waals surface area (Å²) in [4.78, 5) is 16.6. The molecule has 5 nitrogen and oxygen atoms in total. The molecule has 0 aromatic carbocycles. The van der Waals surface area contributed by atoms with Gasteiger partial charge in [0.15, 0.2) is 5.69 Å². The van der Waals surface area contributed by atoms with Crippen molar-refractivity contribution >= 4 is 23.7 Å². The zero-order valence-corrected chi connectivity index (χ0v) is 9.87. The fraction of sp³-hybridized carbons (Fsp3) is 0.600. The van der Waals surface area contributed by atoms with Crippen LogP contribution in [0.15, 0.2) is 10.7 Å². The summed E-state index contributed by atoms with van der Waals surface area (Å²) in [6.07, 6.45) is 2.30. The van der Waals surface area contributed by atoms with Gasteiger partial charge in [0.1, 0.15) is 6.26 Å². The molecule has 1 unspecified atom stereocenters. The van der Waals surface area contributed by atoms with Crippen LogP contribution >= 0.6 is 11.8 Å². The molecule has 0 bridgehead atoms. The molecule has 0 aliphatic carbocycles. The van der Waals surface area contributed by atoms with Crippen LogP contribution in [-0.4, -0.2) is 40.2 Å². The van der Waals surface area contributed by atoms with E-state index in [1.807, 2.05) is 16.7 Å². The van der Waals surface area contributed by atoms with E-state index in [1.165, 1.54) is 6.26 Å². The molecule has 0 radical (unpaired) electrons. The lowest BCUT2D eigenvalue weighted by molar-refractivity contribution is 0.0690. The Morgan fingerprint density at radius 2 is 2.62 bits per heavy atom. The highest BCUT2D eigenvalue weighted by molar-refractivity contribution is 8.00. The van der Waals surface area contributed by atoms with E-state index < -0.39 is 5.97 Å². The van der Waals surface area contributed by atoms with E-state index in [0.717, 1.165) is 25.3 Å². The lowest BCUT2D eigenvalue weighted by Gasteiger charge is -2.30. The second kappa shape index (κ2) is 4.78. The largest absolute Gasteiger partial charge is 0.476 e. The standard InChI is InChI=1S/C10H14N2O3S/c1-2-7-5-12(3-4-16-7)10-11-8(6-15-10)9(13)14/h6-7H,2-5H2,1H3,(H,13,14). The van der Waals surface area contributed by atoms with Crippen molar-refractivity contribution in [3.8, 4) is 0 Å². The molecule has 88 valence electrons. The molecular formula is C10H14N2O3S. The Labute approximate surface area is 97.8 Å². The number of aromatic nitrogens is 1. The molecule has 1 N–H and O–H groups in total. The van der Waals surface area contributed by atoms with E-state index in [0.29, 0.717) is 11.3 Å². The highest BCUT2D eigenvalue weighted by Crippen LogP contribution is 2.25. The SMILES string of the molecule is CCC1CN(c2nc(C(=O)O)co2)CCS1. The number of aromatic carboxylic acids is 1. The molecule has 1 saturated heterocycles.